The van der Waals surface area contributed by atoms with E-state index in [2.05, 4.69) is 9.97 Å². The third kappa shape index (κ3) is 4.36. The number of sulfonamides is 1. The number of pyridine rings is 2. The summed E-state index contributed by atoms with van der Waals surface area (Å²) in [5.41, 5.74) is -0.158. The van der Waals surface area contributed by atoms with Crippen molar-refractivity contribution in [2.45, 2.75) is 31.2 Å². The zero-order chi connectivity index (χ0) is 19.3. The average Bonchev–Trinajstić information content (AvgIpc) is 2.59. The molecule has 0 unspecified atom stereocenters. The van der Waals surface area contributed by atoms with Gasteiger partial charge in [0.1, 0.15) is 0 Å². The van der Waals surface area contributed by atoms with Crippen molar-refractivity contribution in [3.8, 4) is 0 Å². The minimum Gasteiger partial charge on any atom is -0.358 e. The van der Waals surface area contributed by atoms with Crippen LogP contribution < -0.4 is 4.72 Å². The topological polar surface area (TPSA) is 132 Å². The van der Waals surface area contributed by atoms with E-state index < -0.39 is 43.2 Å². The number of aryl methyl sites for hydroxylation is 1. The Kier molecular flexibility index (Phi) is 5.93. The van der Waals surface area contributed by atoms with Gasteiger partial charge in [-0.25, -0.2) is 9.71 Å². The van der Waals surface area contributed by atoms with Crippen LogP contribution in [0.3, 0.4) is 0 Å². The fourth-order valence-electron chi connectivity index (χ4n) is 2.17. The predicted molar refractivity (Wildman–Crippen MR) is 88.4 cm³/mol. The lowest BCUT2D eigenvalue weighted by atomic mass is 10.0. The van der Waals surface area contributed by atoms with Crippen molar-refractivity contribution in [3.63, 3.8) is 0 Å². The van der Waals surface area contributed by atoms with Crippen molar-refractivity contribution >= 4 is 21.7 Å². The van der Waals surface area contributed by atoms with Crippen LogP contribution in [-0.4, -0.2) is 29.2 Å². The number of hydrogen-bond acceptors (Lipinski definition) is 7. The van der Waals surface area contributed by atoms with Crippen LogP contribution in [0.25, 0.3) is 0 Å². The lowest BCUT2D eigenvalue weighted by Crippen LogP contribution is -2.32. The molecule has 2 rings (SSSR count). The van der Waals surface area contributed by atoms with Crippen LogP contribution in [-0.2, 0) is 16.4 Å². The largest absolute Gasteiger partial charge is 0.364 e. The zero-order valence-electron chi connectivity index (χ0n) is 13.7. The SMILES string of the molecule is CCCCc1ccnc(F)c1C(=O)NS(=O)(=O)c1cccc([N+](=O)[O-])n1. The highest BCUT2D eigenvalue weighted by Gasteiger charge is 2.28. The summed E-state index contributed by atoms with van der Waals surface area (Å²) in [6.45, 7) is 1.91. The smallest absolute Gasteiger partial charge is 0.358 e. The first-order valence-corrected chi connectivity index (χ1v) is 9.06. The number of hydrogen-bond donors (Lipinski definition) is 1. The van der Waals surface area contributed by atoms with E-state index in [1.165, 1.54) is 12.3 Å². The summed E-state index contributed by atoms with van der Waals surface area (Å²) >= 11 is 0. The zero-order valence-corrected chi connectivity index (χ0v) is 14.5. The van der Waals surface area contributed by atoms with Crippen LogP contribution in [0.4, 0.5) is 10.2 Å². The van der Waals surface area contributed by atoms with Crippen LogP contribution in [0.15, 0.2) is 35.5 Å². The summed E-state index contributed by atoms with van der Waals surface area (Å²) in [7, 11) is -4.53. The van der Waals surface area contributed by atoms with Gasteiger partial charge in [-0.05, 0) is 40.4 Å². The van der Waals surface area contributed by atoms with Gasteiger partial charge in [-0.2, -0.15) is 12.8 Å². The fraction of sp³-hybridized carbons (Fsp3) is 0.267. The Morgan fingerprint density at radius 2 is 2.08 bits per heavy atom. The molecular weight excluding hydrogens is 367 g/mol. The number of nitrogens with zero attached hydrogens (tertiary/aromatic N) is 3. The summed E-state index contributed by atoms with van der Waals surface area (Å²) in [4.78, 5) is 28.9. The van der Waals surface area contributed by atoms with Crippen molar-refractivity contribution in [3.05, 3.63) is 57.7 Å². The van der Waals surface area contributed by atoms with E-state index in [4.69, 9.17) is 0 Å². The standard InChI is InChI=1S/C15H15FN4O5S/c1-2-3-5-10-8-9-17-14(16)13(10)15(21)19-26(24,25)12-7-4-6-11(18-12)20(22)23/h4,6-9H,2-3,5H2,1H3,(H,19,21). The van der Waals surface area contributed by atoms with E-state index in [-0.39, 0.29) is 0 Å². The first-order chi connectivity index (χ1) is 12.3. The molecule has 0 aliphatic rings. The molecule has 0 bridgehead atoms. The molecular formula is C15H15FN4O5S. The van der Waals surface area contributed by atoms with Crippen LogP contribution in [0.5, 0.6) is 0 Å². The molecule has 2 aromatic rings. The van der Waals surface area contributed by atoms with Crippen molar-refractivity contribution in [1.29, 1.82) is 0 Å². The quantitative estimate of drug-likeness (QED) is 0.440. The van der Waals surface area contributed by atoms with Gasteiger partial charge in [0.05, 0.1) is 5.56 Å². The van der Waals surface area contributed by atoms with E-state index in [9.17, 15) is 27.7 Å². The molecule has 138 valence electrons. The van der Waals surface area contributed by atoms with Gasteiger partial charge in [0.15, 0.2) is 0 Å². The van der Waals surface area contributed by atoms with E-state index in [1.54, 1.807) is 4.72 Å². The number of halogens is 1. The average molecular weight is 382 g/mol. The molecule has 0 saturated heterocycles. The highest BCUT2D eigenvalue weighted by molar-refractivity contribution is 7.90. The molecule has 2 heterocycles. The van der Waals surface area contributed by atoms with E-state index >= 15 is 0 Å². The number of carbonyl (C=O) groups excluding carboxylic acids is 1. The van der Waals surface area contributed by atoms with Gasteiger partial charge in [-0.3, -0.25) is 4.79 Å². The van der Waals surface area contributed by atoms with Crippen LogP contribution in [0.2, 0.25) is 0 Å². The number of unbranched alkanes of at least 4 members (excludes halogenated alkanes) is 1. The van der Waals surface area contributed by atoms with Crippen LogP contribution >= 0.6 is 0 Å². The number of nitrogens with one attached hydrogen (secondary N) is 1. The van der Waals surface area contributed by atoms with Crippen molar-refractivity contribution in [2.75, 3.05) is 0 Å². The molecule has 1 amide bonds. The minimum atomic E-state index is -4.53. The maximum atomic E-state index is 14.0. The lowest BCUT2D eigenvalue weighted by molar-refractivity contribution is -0.390. The molecule has 0 radical (unpaired) electrons. The van der Waals surface area contributed by atoms with Gasteiger partial charge >= 0.3 is 15.8 Å². The van der Waals surface area contributed by atoms with E-state index in [0.29, 0.717) is 18.4 Å². The van der Waals surface area contributed by atoms with Gasteiger partial charge in [0, 0.05) is 18.3 Å². The van der Waals surface area contributed by atoms with Gasteiger partial charge in [0.25, 0.3) is 10.9 Å². The molecule has 0 atom stereocenters. The second kappa shape index (κ2) is 7.95. The van der Waals surface area contributed by atoms with Gasteiger partial charge in [0.2, 0.25) is 5.95 Å². The minimum absolute atomic E-state index is 0.319. The fourth-order valence-corrected chi connectivity index (χ4v) is 3.09. The van der Waals surface area contributed by atoms with Gasteiger partial charge < -0.3 is 10.1 Å². The van der Waals surface area contributed by atoms with Crippen LogP contribution in [0, 0.1) is 16.1 Å². The molecule has 0 fully saturated rings. The van der Waals surface area contributed by atoms with Gasteiger partial charge in [-0.1, -0.05) is 13.3 Å². The molecule has 0 saturated carbocycles. The molecule has 0 spiro atoms. The van der Waals surface area contributed by atoms with Crippen molar-refractivity contribution in [2.24, 2.45) is 0 Å². The molecule has 11 heteroatoms. The molecule has 1 N–H and O–H groups in total. The molecule has 0 aliphatic carbocycles. The normalized spacial score (nSPS) is 11.2. The van der Waals surface area contributed by atoms with Crippen molar-refractivity contribution in [1.82, 2.24) is 14.7 Å². The Labute approximate surface area is 148 Å². The second-order valence-electron chi connectivity index (χ2n) is 5.27. The van der Waals surface area contributed by atoms with E-state index in [1.807, 2.05) is 6.92 Å². The molecule has 26 heavy (non-hydrogen) atoms. The number of carbonyl (C=O) groups is 1. The maximum Gasteiger partial charge on any atom is 0.364 e. The van der Waals surface area contributed by atoms with Crippen molar-refractivity contribution < 1.29 is 22.5 Å². The summed E-state index contributed by atoms with van der Waals surface area (Å²) in [5.74, 6) is -3.01. The number of rotatable bonds is 7. The maximum absolute atomic E-state index is 14.0. The monoisotopic (exact) mass is 382 g/mol. The Bertz CT molecular complexity index is 949. The summed E-state index contributed by atoms with van der Waals surface area (Å²) < 4.78 is 40.2. The molecule has 0 aliphatic heterocycles. The summed E-state index contributed by atoms with van der Waals surface area (Å²) in [6, 6.07) is 4.54. The number of nitro groups is 1. The van der Waals surface area contributed by atoms with Gasteiger partial charge in [-0.15, -0.1) is 0 Å². The summed E-state index contributed by atoms with van der Waals surface area (Å²) in [6.07, 6.45) is 3.02. The number of amides is 1. The summed E-state index contributed by atoms with van der Waals surface area (Å²) in [5, 5.41) is 9.99. The second-order valence-corrected chi connectivity index (χ2v) is 6.89. The predicted octanol–water partition coefficient (Wildman–Crippen LogP) is 1.99. The molecule has 0 aromatic carbocycles. The Morgan fingerprint density at radius 1 is 1.35 bits per heavy atom. The number of aromatic nitrogens is 2. The molecule has 2 aromatic heterocycles. The Balaban J connectivity index is 2.35. The third-order valence-corrected chi connectivity index (χ3v) is 4.65. The highest BCUT2D eigenvalue weighted by Crippen LogP contribution is 2.17. The first-order valence-electron chi connectivity index (χ1n) is 7.58. The third-order valence-electron chi connectivity index (χ3n) is 3.42. The lowest BCUT2D eigenvalue weighted by Gasteiger charge is -2.09. The molecule has 9 nitrogen and oxygen atoms in total. The van der Waals surface area contributed by atoms with E-state index in [0.717, 1.165) is 24.6 Å². The Morgan fingerprint density at radius 3 is 2.73 bits per heavy atom. The first kappa shape index (κ1) is 19.4. The van der Waals surface area contributed by atoms with Crippen LogP contribution in [0.1, 0.15) is 35.7 Å². The highest BCUT2D eigenvalue weighted by atomic mass is 32.2. The Hall–Kier alpha value is -2.95.